The lowest BCUT2D eigenvalue weighted by atomic mass is 10.1. The van der Waals surface area contributed by atoms with E-state index in [4.69, 9.17) is 12.2 Å². The van der Waals surface area contributed by atoms with Crippen LogP contribution in [-0.4, -0.2) is 29.2 Å². The molecule has 1 amide bonds. The first-order valence-corrected chi connectivity index (χ1v) is 11.7. The number of nitrogens with two attached hydrogens (primary N) is 2. The predicted molar refractivity (Wildman–Crippen MR) is 138 cm³/mol. The Balaban J connectivity index is 0.00000100. The lowest BCUT2D eigenvalue weighted by Crippen LogP contribution is -2.35. The molecule has 1 saturated heterocycles. The number of alkyl halides is 3. The van der Waals surface area contributed by atoms with Gasteiger partial charge in [0, 0.05) is 18.7 Å². The third-order valence-corrected chi connectivity index (χ3v) is 5.31. The molecule has 35 heavy (non-hydrogen) atoms. The van der Waals surface area contributed by atoms with Gasteiger partial charge in [-0.2, -0.15) is 13.2 Å². The largest absolute Gasteiger partial charge is 0.416 e. The van der Waals surface area contributed by atoms with Gasteiger partial charge in [-0.1, -0.05) is 19.3 Å². The van der Waals surface area contributed by atoms with Crippen LogP contribution in [0.1, 0.15) is 48.0 Å². The van der Waals surface area contributed by atoms with Crippen molar-refractivity contribution in [2.24, 2.45) is 11.5 Å². The third kappa shape index (κ3) is 9.65. The summed E-state index contributed by atoms with van der Waals surface area (Å²) in [6.07, 6.45) is 0.701. The van der Waals surface area contributed by atoms with Gasteiger partial charge in [0.15, 0.2) is 10.2 Å². The van der Waals surface area contributed by atoms with Gasteiger partial charge in [0.1, 0.15) is 5.82 Å². The molecule has 3 rings (SSSR count). The highest BCUT2D eigenvalue weighted by Crippen LogP contribution is 2.36. The lowest BCUT2D eigenvalue weighted by Gasteiger charge is -2.29. The topological polar surface area (TPSA) is 96.4 Å². The van der Waals surface area contributed by atoms with E-state index in [2.05, 4.69) is 34.3 Å². The molecule has 0 atom stereocenters. The molecular weight excluding hydrogens is 502 g/mol. The number of rotatable bonds is 3. The number of amides is 1. The Morgan fingerprint density at radius 3 is 2.00 bits per heavy atom. The van der Waals surface area contributed by atoms with Crippen LogP contribution in [0.25, 0.3) is 0 Å². The Kier molecular flexibility index (Phi) is 10.6. The maximum Gasteiger partial charge on any atom is 0.416 e. The van der Waals surface area contributed by atoms with Crippen molar-refractivity contribution >= 4 is 51.9 Å². The van der Waals surface area contributed by atoms with Gasteiger partial charge in [0.25, 0.3) is 5.91 Å². The van der Waals surface area contributed by atoms with Crippen molar-refractivity contribution < 1.29 is 22.4 Å². The normalized spacial score (nSPS) is 14.0. The van der Waals surface area contributed by atoms with E-state index in [-0.39, 0.29) is 21.5 Å². The van der Waals surface area contributed by atoms with Crippen molar-refractivity contribution in [2.45, 2.75) is 38.3 Å². The molecule has 1 fully saturated rings. The molecule has 6 N–H and O–H groups in total. The van der Waals surface area contributed by atoms with Crippen molar-refractivity contribution in [1.82, 2.24) is 5.32 Å². The number of hydrogen-bond donors (Lipinski definition) is 4. The van der Waals surface area contributed by atoms with E-state index in [1.807, 2.05) is 4.90 Å². The second-order valence-electron chi connectivity index (χ2n) is 7.80. The molecule has 0 unspecified atom stereocenters. The minimum absolute atomic E-state index is 0.000000000000000222. The monoisotopic (exact) mass is 529 g/mol. The molecule has 12 heteroatoms. The summed E-state index contributed by atoms with van der Waals surface area (Å²) < 4.78 is 52.9. The summed E-state index contributed by atoms with van der Waals surface area (Å²) in [6, 6.07) is 8.36. The lowest BCUT2D eigenvalue weighted by molar-refractivity contribution is -0.137. The van der Waals surface area contributed by atoms with Gasteiger partial charge in [-0.15, -0.1) is 0 Å². The van der Waals surface area contributed by atoms with Crippen LogP contribution in [0.2, 0.25) is 0 Å². The van der Waals surface area contributed by atoms with Gasteiger partial charge in [-0.05, 0) is 79.7 Å². The smallest absolute Gasteiger partial charge is 0.377 e. The molecule has 1 heterocycles. The molecule has 0 radical (unpaired) electrons. The first-order chi connectivity index (χ1) is 16.5. The van der Waals surface area contributed by atoms with Crippen LogP contribution in [0.15, 0.2) is 42.5 Å². The molecule has 1 aliphatic rings. The van der Waals surface area contributed by atoms with Crippen LogP contribution >= 0.6 is 24.4 Å². The number of carbonyl (C=O) groups excluding carboxylic acids is 1. The van der Waals surface area contributed by atoms with E-state index in [1.165, 1.54) is 18.2 Å². The van der Waals surface area contributed by atoms with E-state index < -0.39 is 23.5 Å². The van der Waals surface area contributed by atoms with Gasteiger partial charge in [0.05, 0.1) is 16.9 Å². The third-order valence-electron chi connectivity index (χ3n) is 5.10. The van der Waals surface area contributed by atoms with Crippen molar-refractivity contribution in [3.05, 3.63) is 59.4 Å². The molecule has 190 valence electrons. The quantitative estimate of drug-likeness (QED) is 0.331. The maximum absolute atomic E-state index is 13.3. The Morgan fingerprint density at radius 2 is 1.46 bits per heavy atom. The molecule has 0 aliphatic carbocycles. The summed E-state index contributed by atoms with van der Waals surface area (Å²) in [6.45, 7) is 1.46. The number of nitrogens with zero attached hydrogens (tertiary/aromatic N) is 1. The SMILES string of the molecule is NC(N)=S.O=C(NC(=S)Nc1cc(C(F)(F)F)ccc1N1CCCCCCC1)c1ccc(F)cc1. The average Bonchev–Trinajstić information content (AvgIpc) is 2.73. The van der Waals surface area contributed by atoms with E-state index in [9.17, 15) is 22.4 Å². The van der Waals surface area contributed by atoms with Crippen LogP contribution in [0, 0.1) is 5.82 Å². The van der Waals surface area contributed by atoms with Crippen LogP contribution in [0.3, 0.4) is 0 Å². The summed E-state index contributed by atoms with van der Waals surface area (Å²) >= 11 is 9.26. The van der Waals surface area contributed by atoms with Gasteiger partial charge in [-0.3, -0.25) is 10.1 Å². The highest BCUT2D eigenvalue weighted by atomic mass is 32.1. The number of benzene rings is 2. The number of thiocarbonyl (C=S) groups is 2. The molecule has 0 aromatic heterocycles. The average molecular weight is 530 g/mol. The van der Waals surface area contributed by atoms with Crippen LogP contribution in [-0.2, 0) is 6.18 Å². The molecule has 2 aromatic rings. The summed E-state index contributed by atoms with van der Waals surface area (Å²) in [5.74, 6) is -1.07. The van der Waals surface area contributed by atoms with E-state index in [0.29, 0.717) is 5.69 Å². The second kappa shape index (κ2) is 13.2. The van der Waals surface area contributed by atoms with Gasteiger partial charge in [0.2, 0.25) is 0 Å². The fourth-order valence-corrected chi connectivity index (χ4v) is 3.71. The van der Waals surface area contributed by atoms with Crippen LogP contribution in [0.4, 0.5) is 28.9 Å². The number of carbonyl (C=O) groups is 1. The zero-order chi connectivity index (χ0) is 26.0. The van der Waals surface area contributed by atoms with Gasteiger partial charge in [-0.25, -0.2) is 4.39 Å². The summed E-state index contributed by atoms with van der Waals surface area (Å²) in [5, 5.41) is 5.05. The van der Waals surface area contributed by atoms with Crippen LogP contribution < -0.4 is 27.0 Å². The van der Waals surface area contributed by atoms with Gasteiger partial charge < -0.3 is 21.7 Å². The zero-order valence-electron chi connectivity index (χ0n) is 18.8. The second-order valence-corrected chi connectivity index (χ2v) is 8.68. The first kappa shape index (κ1) is 28.2. The fourth-order valence-electron chi connectivity index (χ4n) is 3.51. The first-order valence-electron chi connectivity index (χ1n) is 10.9. The van der Waals surface area contributed by atoms with Crippen molar-refractivity contribution in [3.63, 3.8) is 0 Å². The number of halogens is 4. The van der Waals surface area contributed by atoms with Crippen molar-refractivity contribution in [2.75, 3.05) is 23.3 Å². The summed E-state index contributed by atoms with van der Waals surface area (Å²) in [5.41, 5.74) is 9.40. The van der Waals surface area contributed by atoms with Crippen molar-refractivity contribution in [3.8, 4) is 0 Å². The van der Waals surface area contributed by atoms with E-state index >= 15 is 0 Å². The highest BCUT2D eigenvalue weighted by Gasteiger charge is 2.31. The maximum atomic E-state index is 13.3. The van der Waals surface area contributed by atoms with Crippen molar-refractivity contribution in [1.29, 1.82) is 0 Å². The predicted octanol–water partition coefficient (Wildman–Crippen LogP) is 4.93. The molecule has 2 aromatic carbocycles. The zero-order valence-corrected chi connectivity index (χ0v) is 20.5. The van der Waals surface area contributed by atoms with Gasteiger partial charge >= 0.3 is 6.18 Å². The Labute approximate surface area is 212 Å². The Hall–Kier alpha value is -2.99. The molecule has 0 saturated carbocycles. The number of nitrogens with one attached hydrogen (secondary N) is 2. The summed E-state index contributed by atoms with van der Waals surface area (Å²) in [7, 11) is 0. The number of hydrogen-bond acceptors (Lipinski definition) is 4. The molecule has 1 aliphatic heterocycles. The minimum atomic E-state index is -4.51. The minimum Gasteiger partial charge on any atom is -0.377 e. The van der Waals surface area contributed by atoms with E-state index in [1.54, 1.807) is 0 Å². The molecule has 0 bridgehead atoms. The number of anilines is 2. The Morgan fingerprint density at radius 1 is 0.914 bits per heavy atom. The van der Waals surface area contributed by atoms with E-state index in [0.717, 1.165) is 69.5 Å². The fraction of sp³-hybridized carbons (Fsp3) is 0.348. The van der Waals surface area contributed by atoms with Crippen LogP contribution in [0.5, 0.6) is 0 Å². The standard InChI is InChI=1S/C22H23F4N3OS.CH4N2S/c23-17-9-6-15(7-10-17)20(30)28-21(31)27-18-14-16(22(24,25)26)8-11-19(18)29-12-4-2-1-3-5-13-29;2-1(3)4/h6-11,14H,1-5,12-13H2,(H2,27,28,30,31);(H4,2,3,4). The Bertz CT molecular complexity index is 1020. The molecule has 0 spiro atoms. The molecular formula is C23H27F4N5OS2. The highest BCUT2D eigenvalue weighted by molar-refractivity contribution is 7.80. The molecule has 6 nitrogen and oxygen atoms in total. The summed E-state index contributed by atoms with van der Waals surface area (Å²) in [4.78, 5) is 14.3.